The van der Waals surface area contributed by atoms with E-state index in [0.29, 0.717) is 37.6 Å². The van der Waals surface area contributed by atoms with Gasteiger partial charge in [-0.2, -0.15) is 4.31 Å². The number of carbonyl (C=O) groups is 1. The maximum absolute atomic E-state index is 12.8. The Kier molecular flexibility index (Phi) is 6.22. The van der Waals surface area contributed by atoms with Gasteiger partial charge in [-0.1, -0.05) is 42.0 Å². The van der Waals surface area contributed by atoms with Gasteiger partial charge in [0.25, 0.3) is 0 Å². The van der Waals surface area contributed by atoms with Gasteiger partial charge in [0.2, 0.25) is 15.9 Å². The van der Waals surface area contributed by atoms with E-state index in [-0.39, 0.29) is 11.9 Å². The third kappa shape index (κ3) is 4.58. The van der Waals surface area contributed by atoms with Crippen LogP contribution in [-0.2, 0) is 21.2 Å². The normalized spacial score (nSPS) is 20.5. The van der Waals surface area contributed by atoms with Crippen LogP contribution in [0.4, 0.5) is 0 Å². The van der Waals surface area contributed by atoms with Crippen LogP contribution in [0, 0.1) is 6.92 Å². The molecule has 2 aromatic rings. The average molecular weight is 428 g/mol. The summed E-state index contributed by atoms with van der Waals surface area (Å²) >= 11 is 0. The number of benzene rings is 2. The number of amides is 1. The fraction of sp³-hybridized carbons (Fsp3) is 0.435. The summed E-state index contributed by atoms with van der Waals surface area (Å²) < 4.78 is 27.2. The van der Waals surface area contributed by atoms with Crippen LogP contribution < -0.4 is 5.32 Å². The molecule has 0 bridgehead atoms. The van der Waals surface area contributed by atoms with E-state index in [0.717, 1.165) is 24.8 Å². The molecule has 1 saturated heterocycles. The van der Waals surface area contributed by atoms with E-state index in [2.05, 4.69) is 17.4 Å². The zero-order valence-corrected chi connectivity index (χ0v) is 18.2. The molecule has 0 spiro atoms. The highest BCUT2D eigenvalue weighted by atomic mass is 32.2. The molecule has 1 heterocycles. The van der Waals surface area contributed by atoms with E-state index in [4.69, 9.17) is 0 Å². The fourth-order valence-corrected chi connectivity index (χ4v) is 5.76. The molecule has 30 heavy (non-hydrogen) atoms. The van der Waals surface area contributed by atoms with Crippen LogP contribution in [0.3, 0.4) is 0 Å². The Hall–Kier alpha value is -2.22. The fourth-order valence-electron chi connectivity index (χ4n) is 4.33. The third-order valence-corrected chi connectivity index (χ3v) is 7.97. The van der Waals surface area contributed by atoms with E-state index in [1.54, 1.807) is 12.1 Å². The largest absolute Gasteiger partial charge is 0.348 e. The van der Waals surface area contributed by atoms with Crippen molar-refractivity contribution in [1.29, 1.82) is 0 Å². The zero-order valence-electron chi connectivity index (χ0n) is 17.4. The van der Waals surface area contributed by atoms with Crippen LogP contribution in [0.25, 0.3) is 0 Å². The lowest BCUT2D eigenvalue weighted by molar-refractivity contribution is -0.123. The van der Waals surface area contributed by atoms with Crippen LogP contribution in [0.5, 0.6) is 0 Å². The summed E-state index contributed by atoms with van der Waals surface area (Å²) in [6.45, 7) is 4.15. The molecule has 4 rings (SSSR count). The van der Waals surface area contributed by atoms with Crippen molar-refractivity contribution in [3.63, 3.8) is 0 Å². The lowest BCUT2D eigenvalue weighted by Crippen LogP contribution is -2.51. The Labute approximate surface area is 178 Å². The van der Waals surface area contributed by atoms with Crippen LogP contribution in [0.2, 0.25) is 0 Å². The molecule has 1 N–H and O–H groups in total. The van der Waals surface area contributed by atoms with Gasteiger partial charge in [-0.3, -0.25) is 9.69 Å². The quantitative estimate of drug-likeness (QED) is 0.796. The molecule has 2 aromatic carbocycles. The highest BCUT2D eigenvalue weighted by molar-refractivity contribution is 7.89. The predicted octanol–water partition coefficient (Wildman–Crippen LogP) is 2.50. The summed E-state index contributed by atoms with van der Waals surface area (Å²) in [5.74, 6) is 0.00606. The summed E-state index contributed by atoms with van der Waals surface area (Å²) in [4.78, 5) is 15.0. The number of hydrogen-bond acceptors (Lipinski definition) is 4. The minimum atomic E-state index is -3.48. The zero-order chi connectivity index (χ0) is 21.1. The third-order valence-electron chi connectivity index (χ3n) is 6.06. The van der Waals surface area contributed by atoms with E-state index < -0.39 is 10.0 Å². The molecule has 1 aliphatic heterocycles. The number of aryl methyl sites for hydroxylation is 2. The Morgan fingerprint density at radius 1 is 1.03 bits per heavy atom. The molecule has 160 valence electrons. The maximum atomic E-state index is 12.8. The number of carbonyl (C=O) groups excluding carboxylic acids is 1. The first-order valence-electron chi connectivity index (χ1n) is 10.6. The molecule has 1 unspecified atom stereocenters. The van der Waals surface area contributed by atoms with Gasteiger partial charge in [-0.05, 0) is 49.4 Å². The van der Waals surface area contributed by atoms with Gasteiger partial charge in [-0.25, -0.2) is 8.42 Å². The maximum Gasteiger partial charge on any atom is 0.243 e. The lowest BCUT2D eigenvalue weighted by Gasteiger charge is -2.34. The van der Waals surface area contributed by atoms with E-state index in [1.807, 2.05) is 36.1 Å². The second-order valence-electron chi connectivity index (χ2n) is 8.20. The van der Waals surface area contributed by atoms with Crippen molar-refractivity contribution in [2.45, 2.75) is 37.1 Å². The number of fused-ring (bicyclic) bond motifs is 1. The number of rotatable bonds is 5. The lowest BCUT2D eigenvalue weighted by atomic mass is 9.88. The second-order valence-corrected chi connectivity index (χ2v) is 10.1. The van der Waals surface area contributed by atoms with Crippen molar-refractivity contribution < 1.29 is 13.2 Å². The highest BCUT2D eigenvalue weighted by Crippen LogP contribution is 2.29. The first-order valence-corrected chi connectivity index (χ1v) is 12.0. The Morgan fingerprint density at radius 2 is 1.73 bits per heavy atom. The molecule has 1 fully saturated rings. The van der Waals surface area contributed by atoms with Crippen LogP contribution >= 0.6 is 0 Å². The molecule has 1 atom stereocenters. The van der Waals surface area contributed by atoms with Gasteiger partial charge in [0.1, 0.15) is 0 Å². The summed E-state index contributed by atoms with van der Waals surface area (Å²) in [5, 5.41) is 3.18. The minimum Gasteiger partial charge on any atom is -0.348 e. The van der Waals surface area contributed by atoms with Gasteiger partial charge in [0, 0.05) is 26.2 Å². The van der Waals surface area contributed by atoms with Gasteiger partial charge in [0.15, 0.2) is 0 Å². The number of nitrogens with one attached hydrogen (secondary N) is 1. The molecule has 1 amide bonds. The second kappa shape index (κ2) is 8.88. The summed E-state index contributed by atoms with van der Waals surface area (Å²) in [5.41, 5.74) is 3.58. The monoisotopic (exact) mass is 427 g/mol. The van der Waals surface area contributed by atoms with Crippen LogP contribution in [-0.4, -0.2) is 56.3 Å². The molecular weight excluding hydrogens is 398 g/mol. The van der Waals surface area contributed by atoms with Crippen LogP contribution in [0.15, 0.2) is 53.4 Å². The molecule has 7 heteroatoms. The SMILES string of the molecule is Cc1ccc(S(=O)(=O)N2CCN(CC(=O)NC3CCCc4ccccc43)CC2)cc1. The number of hydrogen-bond donors (Lipinski definition) is 1. The van der Waals surface area contributed by atoms with Gasteiger partial charge in [0.05, 0.1) is 17.5 Å². The van der Waals surface area contributed by atoms with E-state index in [1.165, 1.54) is 15.4 Å². The van der Waals surface area contributed by atoms with Gasteiger partial charge < -0.3 is 5.32 Å². The number of nitrogens with zero attached hydrogens (tertiary/aromatic N) is 2. The number of sulfonamides is 1. The average Bonchev–Trinajstić information content (AvgIpc) is 2.75. The molecule has 1 aliphatic carbocycles. The predicted molar refractivity (Wildman–Crippen MR) is 117 cm³/mol. The van der Waals surface area contributed by atoms with Crippen molar-refractivity contribution in [1.82, 2.24) is 14.5 Å². The van der Waals surface area contributed by atoms with Crippen molar-refractivity contribution in [2.24, 2.45) is 0 Å². The van der Waals surface area contributed by atoms with E-state index >= 15 is 0 Å². The summed E-state index contributed by atoms with van der Waals surface area (Å²) in [7, 11) is -3.48. The van der Waals surface area contributed by atoms with Crippen LogP contribution in [0.1, 0.15) is 35.6 Å². The molecule has 0 saturated carbocycles. The highest BCUT2D eigenvalue weighted by Gasteiger charge is 2.29. The van der Waals surface area contributed by atoms with Gasteiger partial charge >= 0.3 is 0 Å². The molecule has 0 aromatic heterocycles. The molecule has 2 aliphatic rings. The first kappa shape index (κ1) is 21.0. The molecule has 0 radical (unpaired) electrons. The molecular formula is C23H29N3O3S. The Bertz CT molecular complexity index is 997. The summed E-state index contributed by atoms with van der Waals surface area (Å²) in [6.07, 6.45) is 3.11. The first-order chi connectivity index (χ1) is 14.4. The number of piperazine rings is 1. The van der Waals surface area contributed by atoms with Crippen molar-refractivity contribution in [3.05, 3.63) is 65.2 Å². The smallest absolute Gasteiger partial charge is 0.243 e. The van der Waals surface area contributed by atoms with Crippen molar-refractivity contribution in [3.8, 4) is 0 Å². The van der Waals surface area contributed by atoms with Crippen molar-refractivity contribution >= 4 is 15.9 Å². The minimum absolute atomic E-state index is 0.00606. The topological polar surface area (TPSA) is 69.7 Å². The van der Waals surface area contributed by atoms with Crippen molar-refractivity contribution in [2.75, 3.05) is 32.7 Å². The van der Waals surface area contributed by atoms with E-state index in [9.17, 15) is 13.2 Å². The Balaban J connectivity index is 1.31. The Morgan fingerprint density at radius 3 is 2.47 bits per heavy atom. The van der Waals surface area contributed by atoms with Gasteiger partial charge in [-0.15, -0.1) is 0 Å². The summed E-state index contributed by atoms with van der Waals surface area (Å²) in [6, 6.07) is 15.3. The standard InChI is InChI=1S/C23H29N3O3S/c1-18-9-11-20(12-10-18)30(28,29)26-15-13-25(14-16-26)17-23(27)24-22-8-4-6-19-5-2-3-7-21(19)22/h2-3,5,7,9-12,22H,4,6,8,13-17H2,1H3,(H,24,27). The molecule has 6 nitrogen and oxygen atoms in total.